The summed E-state index contributed by atoms with van der Waals surface area (Å²) in [5, 5.41) is 7.86. The second-order valence-corrected chi connectivity index (χ2v) is 4.48. The monoisotopic (exact) mass is 221 g/mol. The van der Waals surface area contributed by atoms with Crippen molar-refractivity contribution in [2.75, 3.05) is 6.54 Å². The summed E-state index contributed by atoms with van der Waals surface area (Å²) < 4.78 is 1.92. The van der Waals surface area contributed by atoms with Crippen LogP contribution >= 0.6 is 0 Å². The maximum absolute atomic E-state index is 4.30. The molecule has 3 heteroatoms. The summed E-state index contributed by atoms with van der Waals surface area (Å²) in [5.74, 6) is 0. The molecule has 0 radical (unpaired) electrons. The first-order chi connectivity index (χ1) is 7.56. The molecule has 1 heterocycles. The highest BCUT2D eigenvalue weighted by Gasteiger charge is 2.15. The van der Waals surface area contributed by atoms with Gasteiger partial charge in [0.2, 0.25) is 0 Å². The van der Waals surface area contributed by atoms with Crippen LogP contribution in [0.25, 0.3) is 0 Å². The molecule has 0 saturated carbocycles. The predicted molar refractivity (Wildman–Crippen MR) is 68.4 cm³/mol. The third kappa shape index (κ3) is 3.20. The van der Waals surface area contributed by atoms with E-state index in [2.05, 4.69) is 37.8 Å². The van der Waals surface area contributed by atoms with E-state index in [0.29, 0.717) is 6.04 Å². The summed E-state index contributed by atoms with van der Waals surface area (Å²) in [6.07, 6.45) is 4.09. The molecule has 16 heavy (non-hydrogen) atoms. The van der Waals surface area contributed by atoms with Crippen LogP contribution in [0.5, 0.6) is 0 Å². The lowest BCUT2D eigenvalue weighted by Gasteiger charge is -2.18. The smallest absolute Gasteiger partial charge is 0.0540 e. The lowest BCUT2D eigenvalue weighted by molar-refractivity contribution is 0.525. The third-order valence-corrected chi connectivity index (χ3v) is 2.84. The van der Waals surface area contributed by atoms with Gasteiger partial charge in [0.1, 0.15) is 0 Å². The average molecular weight is 221 g/mol. The molecule has 3 nitrogen and oxygen atoms in total. The standard InChI is InChI=1S/C13H23N3/c1-6-7-14-13(8-10(2)3)12-9-15-16(5)11(12)4/h9,13-14H,2,6-8H2,1,3-5H3. The van der Waals surface area contributed by atoms with Crippen LogP contribution in [0.2, 0.25) is 0 Å². The Morgan fingerprint density at radius 2 is 2.31 bits per heavy atom. The van der Waals surface area contributed by atoms with Gasteiger partial charge in [0, 0.05) is 24.3 Å². The number of hydrogen-bond acceptors (Lipinski definition) is 2. The Hall–Kier alpha value is -1.09. The predicted octanol–water partition coefficient (Wildman–Crippen LogP) is 2.74. The molecule has 0 spiro atoms. The topological polar surface area (TPSA) is 29.9 Å². The van der Waals surface area contributed by atoms with Crippen molar-refractivity contribution in [1.29, 1.82) is 0 Å². The Kier molecular flexibility index (Phi) is 4.74. The minimum absolute atomic E-state index is 0.353. The minimum Gasteiger partial charge on any atom is -0.310 e. The van der Waals surface area contributed by atoms with Gasteiger partial charge >= 0.3 is 0 Å². The van der Waals surface area contributed by atoms with Crippen LogP contribution in [0.3, 0.4) is 0 Å². The highest BCUT2D eigenvalue weighted by molar-refractivity contribution is 5.22. The summed E-state index contributed by atoms with van der Waals surface area (Å²) in [5.41, 5.74) is 3.73. The van der Waals surface area contributed by atoms with Gasteiger partial charge in [-0.1, -0.05) is 12.5 Å². The number of aromatic nitrogens is 2. The van der Waals surface area contributed by atoms with Gasteiger partial charge in [-0.25, -0.2) is 0 Å². The SMILES string of the molecule is C=C(C)CC(NCCC)c1cnn(C)c1C. The van der Waals surface area contributed by atoms with Crippen LogP contribution in [0.4, 0.5) is 0 Å². The van der Waals surface area contributed by atoms with Crippen molar-refractivity contribution in [2.45, 2.75) is 39.7 Å². The van der Waals surface area contributed by atoms with Crippen LogP contribution in [0.1, 0.15) is 44.0 Å². The fourth-order valence-electron chi connectivity index (χ4n) is 1.82. The molecule has 0 aliphatic rings. The zero-order valence-electron chi connectivity index (χ0n) is 10.9. The quantitative estimate of drug-likeness (QED) is 0.749. The van der Waals surface area contributed by atoms with Crippen LogP contribution in [-0.2, 0) is 7.05 Å². The molecule has 1 unspecified atom stereocenters. The Labute approximate surface area is 98.5 Å². The maximum atomic E-state index is 4.30. The minimum atomic E-state index is 0.353. The molecular formula is C13H23N3. The van der Waals surface area contributed by atoms with E-state index in [4.69, 9.17) is 0 Å². The first kappa shape index (κ1) is 13.0. The van der Waals surface area contributed by atoms with E-state index in [0.717, 1.165) is 19.4 Å². The first-order valence-corrected chi connectivity index (χ1v) is 5.92. The number of nitrogens with one attached hydrogen (secondary N) is 1. The van der Waals surface area contributed by atoms with Gasteiger partial charge in [0.15, 0.2) is 0 Å². The normalized spacial score (nSPS) is 12.8. The van der Waals surface area contributed by atoms with E-state index in [1.807, 2.05) is 17.9 Å². The van der Waals surface area contributed by atoms with E-state index in [1.165, 1.54) is 16.8 Å². The van der Waals surface area contributed by atoms with Gasteiger partial charge in [0.25, 0.3) is 0 Å². The summed E-state index contributed by atoms with van der Waals surface area (Å²) in [7, 11) is 1.98. The Morgan fingerprint density at radius 3 is 2.75 bits per heavy atom. The molecule has 0 amide bonds. The molecule has 1 aromatic heterocycles. The van der Waals surface area contributed by atoms with Crippen molar-refractivity contribution >= 4 is 0 Å². The lowest BCUT2D eigenvalue weighted by Crippen LogP contribution is -2.22. The zero-order valence-corrected chi connectivity index (χ0v) is 10.9. The van der Waals surface area contributed by atoms with Crippen LogP contribution in [-0.4, -0.2) is 16.3 Å². The molecular weight excluding hydrogens is 198 g/mol. The van der Waals surface area contributed by atoms with E-state index in [9.17, 15) is 0 Å². The summed E-state index contributed by atoms with van der Waals surface area (Å²) in [6, 6.07) is 0.353. The molecule has 1 aromatic rings. The van der Waals surface area contributed by atoms with Crippen molar-refractivity contribution in [1.82, 2.24) is 15.1 Å². The second kappa shape index (κ2) is 5.85. The molecule has 90 valence electrons. The van der Waals surface area contributed by atoms with E-state index >= 15 is 0 Å². The lowest BCUT2D eigenvalue weighted by atomic mass is 10.0. The van der Waals surface area contributed by atoms with Crippen molar-refractivity contribution in [3.05, 3.63) is 29.6 Å². The van der Waals surface area contributed by atoms with Crippen LogP contribution in [0.15, 0.2) is 18.3 Å². The Balaban J connectivity index is 2.82. The summed E-state index contributed by atoms with van der Waals surface area (Å²) in [6.45, 7) is 11.4. The third-order valence-electron chi connectivity index (χ3n) is 2.84. The fourth-order valence-corrected chi connectivity index (χ4v) is 1.82. The summed E-state index contributed by atoms with van der Waals surface area (Å²) >= 11 is 0. The van der Waals surface area contributed by atoms with Gasteiger partial charge in [-0.15, -0.1) is 6.58 Å². The maximum Gasteiger partial charge on any atom is 0.0540 e. The van der Waals surface area contributed by atoms with Crippen molar-refractivity contribution in [3.63, 3.8) is 0 Å². The van der Waals surface area contributed by atoms with Gasteiger partial charge in [-0.2, -0.15) is 5.10 Å². The fraction of sp³-hybridized carbons (Fsp3) is 0.615. The van der Waals surface area contributed by atoms with Crippen LogP contribution < -0.4 is 5.32 Å². The van der Waals surface area contributed by atoms with Crippen LogP contribution in [0, 0.1) is 6.92 Å². The highest BCUT2D eigenvalue weighted by Crippen LogP contribution is 2.22. The van der Waals surface area contributed by atoms with E-state index in [-0.39, 0.29) is 0 Å². The van der Waals surface area contributed by atoms with Gasteiger partial charge < -0.3 is 5.32 Å². The van der Waals surface area contributed by atoms with Crippen molar-refractivity contribution < 1.29 is 0 Å². The number of rotatable bonds is 6. The molecule has 1 rings (SSSR count). The molecule has 0 aliphatic carbocycles. The molecule has 0 fully saturated rings. The molecule has 1 atom stereocenters. The second-order valence-electron chi connectivity index (χ2n) is 4.48. The summed E-state index contributed by atoms with van der Waals surface area (Å²) in [4.78, 5) is 0. The molecule has 1 N–H and O–H groups in total. The van der Waals surface area contributed by atoms with Crippen molar-refractivity contribution in [2.24, 2.45) is 7.05 Å². The van der Waals surface area contributed by atoms with Gasteiger partial charge in [-0.3, -0.25) is 4.68 Å². The molecule has 0 saturated heterocycles. The van der Waals surface area contributed by atoms with Gasteiger partial charge in [0.05, 0.1) is 6.20 Å². The first-order valence-electron chi connectivity index (χ1n) is 5.92. The zero-order chi connectivity index (χ0) is 12.1. The molecule has 0 aromatic carbocycles. The van der Waals surface area contributed by atoms with E-state index in [1.54, 1.807) is 0 Å². The van der Waals surface area contributed by atoms with Gasteiger partial charge in [-0.05, 0) is 33.2 Å². The Bertz CT molecular complexity index is 352. The van der Waals surface area contributed by atoms with Crippen molar-refractivity contribution in [3.8, 4) is 0 Å². The number of nitrogens with zero attached hydrogens (tertiary/aromatic N) is 2. The highest BCUT2D eigenvalue weighted by atomic mass is 15.3. The number of aryl methyl sites for hydroxylation is 1. The molecule has 0 bridgehead atoms. The molecule has 0 aliphatic heterocycles. The van der Waals surface area contributed by atoms with E-state index < -0.39 is 0 Å². The Morgan fingerprint density at radius 1 is 1.62 bits per heavy atom. The average Bonchev–Trinajstić information content (AvgIpc) is 2.54. The number of hydrogen-bond donors (Lipinski definition) is 1. The largest absolute Gasteiger partial charge is 0.310 e.